The van der Waals surface area contributed by atoms with Crippen LogP contribution in [-0.4, -0.2) is 37.9 Å². The topological polar surface area (TPSA) is 61.8 Å². The molecule has 1 atom stereocenters. The highest BCUT2D eigenvalue weighted by Gasteiger charge is 2.17. The molecule has 0 rings (SSSR count). The molecule has 0 aromatic carbocycles. The average molecular weight is 952 g/mol. The molecule has 0 saturated carbocycles. The number of unbranched alkanes of at least 4 members (excludes halogenated alkanes) is 34. The second-order valence-electron chi connectivity index (χ2n) is 19.9. The maximum Gasteiger partial charge on any atom is 0.306 e. The molecule has 0 aliphatic heterocycles. The van der Waals surface area contributed by atoms with Gasteiger partial charge in [-0.05, 0) is 109 Å². The summed E-state index contributed by atoms with van der Waals surface area (Å²) < 4.78 is 17.5. The van der Waals surface area contributed by atoms with E-state index in [0.29, 0.717) is 19.4 Å². The summed E-state index contributed by atoms with van der Waals surface area (Å²) >= 11 is 0. The highest BCUT2D eigenvalue weighted by molar-refractivity contribution is 5.70. The third kappa shape index (κ3) is 56.2. The Morgan fingerprint density at radius 2 is 0.618 bits per heavy atom. The van der Waals surface area contributed by atoms with Crippen LogP contribution in [0.4, 0.5) is 0 Å². The van der Waals surface area contributed by atoms with Crippen molar-refractivity contribution < 1.29 is 23.8 Å². The maximum atomic E-state index is 12.8. The Morgan fingerprint density at radius 3 is 1.04 bits per heavy atom. The quantitative estimate of drug-likeness (QED) is 0.0345. The van der Waals surface area contributed by atoms with Crippen LogP contribution in [0.15, 0.2) is 60.8 Å². The Bertz CT molecular complexity index is 1170. The zero-order valence-electron chi connectivity index (χ0n) is 45.6. The van der Waals surface area contributed by atoms with Gasteiger partial charge in [0.05, 0.1) is 6.61 Å². The second-order valence-corrected chi connectivity index (χ2v) is 19.9. The fourth-order valence-corrected chi connectivity index (χ4v) is 8.51. The lowest BCUT2D eigenvalue weighted by atomic mass is 10.1. The van der Waals surface area contributed by atoms with Crippen molar-refractivity contribution in [3.05, 3.63) is 60.8 Å². The molecular formula is C63H114O5. The minimum Gasteiger partial charge on any atom is -0.462 e. The number of esters is 2. The highest BCUT2D eigenvalue weighted by Crippen LogP contribution is 2.15. The van der Waals surface area contributed by atoms with Crippen LogP contribution in [-0.2, 0) is 23.8 Å². The van der Waals surface area contributed by atoms with E-state index in [1.54, 1.807) is 0 Å². The zero-order chi connectivity index (χ0) is 49.2. The second kappa shape index (κ2) is 58.9. The first-order valence-electron chi connectivity index (χ1n) is 29.8. The number of carbonyl (C=O) groups excluding carboxylic acids is 2. The maximum absolute atomic E-state index is 12.8. The normalized spacial score (nSPS) is 12.6. The molecule has 0 saturated heterocycles. The van der Waals surface area contributed by atoms with Crippen LogP contribution in [0.3, 0.4) is 0 Å². The number of hydrogen-bond acceptors (Lipinski definition) is 5. The number of carbonyl (C=O) groups is 2. The summed E-state index contributed by atoms with van der Waals surface area (Å²) in [6, 6.07) is 0. The molecular weight excluding hydrogens is 837 g/mol. The van der Waals surface area contributed by atoms with Gasteiger partial charge in [-0.1, -0.05) is 242 Å². The summed E-state index contributed by atoms with van der Waals surface area (Å²) in [7, 11) is 0. The summed E-state index contributed by atoms with van der Waals surface area (Å²) in [6.07, 6.45) is 75.3. The van der Waals surface area contributed by atoms with E-state index in [1.807, 2.05) is 0 Å². The molecule has 1 unspecified atom stereocenters. The predicted molar refractivity (Wildman–Crippen MR) is 298 cm³/mol. The molecule has 0 N–H and O–H groups in total. The summed E-state index contributed by atoms with van der Waals surface area (Å²) in [6.45, 7) is 7.80. The fourth-order valence-electron chi connectivity index (χ4n) is 8.51. The Kier molecular flexibility index (Phi) is 56.8. The molecule has 0 aromatic heterocycles. The molecule has 0 aliphatic rings. The van der Waals surface area contributed by atoms with Gasteiger partial charge in [-0.2, -0.15) is 0 Å². The Balaban J connectivity index is 4.25. The highest BCUT2D eigenvalue weighted by atomic mass is 16.6. The summed E-state index contributed by atoms with van der Waals surface area (Å²) in [5, 5.41) is 0. The number of rotatable bonds is 55. The number of allylic oxidation sites excluding steroid dienone is 10. The van der Waals surface area contributed by atoms with Crippen LogP contribution in [0.1, 0.15) is 303 Å². The lowest BCUT2D eigenvalue weighted by molar-refractivity contribution is -0.163. The predicted octanol–water partition coefficient (Wildman–Crippen LogP) is 20.5. The van der Waals surface area contributed by atoms with E-state index in [-0.39, 0.29) is 25.2 Å². The van der Waals surface area contributed by atoms with Crippen molar-refractivity contribution in [1.29, 1.82) is 0 Å². The molecule has 0 aromatic rings. The molecule has 68 heavy (non-hydrogen) atoms. The monoisotopic (exact) mass is 951 g/mol. The lowest BCUT2D eigenvalue weighted by Crippen LogP contribution is -2.30. The summed E-state index contributed by atoms with van der Waals surface area (Å²) in [5.74, 6) is -0.411. The average Bonchev–Trinajstić information content (AvgIpc) is 3.34. The fraction of sp³-hybridized carbons (Fsp3) is 0.810. The van der Waals surface area contributed by atoms with E-state index < -0.39 is 6.10 Å². The van der Waals surface area contributed by atoms with Crippen molar-refractivity contribution in [1.82, 2.24) is 0 Å². The van der Waals surface area contributed by atoms with Gasteiger partial charge in [-0.3, -0.25) is 9.59 Å². The van der Waals surface area contributed by atoms with E-state index >= 15 is 0 Å². The van der Waals surface area contributed by atoms with E-state index in [4.69, 9.17) is 14.2 Å². The van der Waals surface area contributed by atoms with E-state index in [9.17, 15) is 9.59 Å². The van der Waals surface area contributed by atoms with Crippen LogP contribution < -0.4 is 0 Å². The summed E-state index contributed by atoms with van der Waals surface area (Å²) in [4.78, 5) is 25.5. The number of hydrogen-bond donors (Lipinski definition) is 0. The van der Waals surface area contributed by atoms with Gasteiger partial charge in [0.1, 0.15) is 6.61 Å². The van der Waals surface area contributed by atoms with Gasteiger partial charge in [0.2, 0.25) is 0 Å². The first-order chi connectivity index (χ1) is 33.6. The molecule has 0 spiro atoms. The first kappa shape index (κ1) is 65.6. The molecule has 0 bridgehead atoms. The minimum absolute atomic E-state index is 0.0755. The van der Waals surface area contributed by atoms with Gasteiger partial charge in [-0.25, -0.2) is 0 Å². The Labute approximate surface area is 424 Å². The first-order valence-corrected chi connectivity index (χ1v) is 29.8. The number of ether oxygens (including phenoxy) is 3. The molecule has 0 fully saturated rings. The molecule has 5 nitrogen and oxygen atoms in total. The molecule has 396 valence electrons. The van der Waals surface area contributed by atoms with Crippen molar-refractivity contribution in [3.63, 3.8) is 0 Å². The Hall–Kier alpha value is -2.40. The Morgan fingerprint density at radius 1 is 0.324 bits per heavy atom. The van der Waals surface area contributed by atoms with Gasteiger partial charge in [0.15, 0.2) is 6.10 Å². The van der Waals surface area contributed by atoms with Gasteiger partial charge >= 0.3 is 11.9 Å². The SMILES string of the molecule is CCCCC/C=C\C/C=C\C/C=C\CCCCCCCCC(=O)OCC(COCCCCCCCCCCCC/C=C\CCCCCCCC)OC(=O)CCCCCCC/C=C\CCCCCC. The molecule has 0 radical (unpaired) electrons. The third-order valence-electron chi connectivity index (χ3n) is 13.0. The zero-order valence-corrected chi connectivity index (χ0v) is 45.6. The molecule has 5 heteroatoms. The van der Waals surface area contributed by atoms with E-state index in [2.05, 4.69) is 81.5 Å². The van der Waals surface area contributed by atoms with E-state index in [0.717, 1.165) is 77.0 Å². The van der Waals surface area contributed by atoms with E-state index in [1.165, 1.54) is 193 Å². The smallest absolute Gasteiger partial charge is 0.306 e. The van der Waals surface area contributed by atoms with Crippen LogP contribution in [0.5, 0.6) is 0 Å². The largest absolute Gasteiger partial charge is 0.462 e. The van der Waals surface area contributed by atoms with Gasteiger partial charge < -0.3 is 14.2 Å². The lowest BCUT2D eigenvalue weighted by Gasteiger charge is -2.18. The standard InChI is InChI=1S/C63H114O5/c1-4-7-10-13-16-19-22-25-27-29-31-33-35-37-40-43-46-49-52-55-58-66-59-61(68-63(65)57-54-51-48-45-42-38-24-21-18-15-12-9-6-3)60-67-62(64)56-53-50-47-44-41-39-36-34-32-30-28-26-23-20-17-14-11-8-5-2/h17,20-21,24-28,32,34,61H,4-16,18-19,22-23,29-31,33,35-60H2,1-3H3/b20-17-,24-21-,27-25-,28-26-,34-32-. The third-order valence-corrected chi connectivity index (χ3v) is 13.0. The van der Waals surface area contributed by atoms with Crippen LogP contribution in [0.25, 0.3) is 0 Å². The van der Waals surface area contributed by atoms with Crippen molar-refractivity contribution in [2.75, 3.05) is 19.8 Å². The van der Waals surface area contributed by atoms with Crippen molar-refractivity contribution >= 4 is 11.9 Å². The molecule has 0 amide bonds. The summed E-state index contributed by atoms with van der Waals surface area (Å²) in [5.41, 5.74) is 0. The van der Waals surface area contributed by atoms with Crippen molar-refractivity contribution in [3.8, 4) is 0 Å². The van der Waals surface area contributed by atoms with Crippen molar-refractivity contribution in [2.45, 2.75) is 309 Å². The van der Waals surface area contributed by atoms with Crippen molar-refractivity contribution in [2.24, 2.45) is 0 Å². The minimum atomic E-state index is -0.548. The van der Waals surface area contributed by atoms with Gasteiger partial charge in [0, 0.05) is 19.4 Å². The molecule has 0 heterocycles. The molecule has 0 aliphatic carbocycles. The van der Waals surface area contributed by atoms with Crippen LogP contribution in [0.2, 0.25) is 0 Å². The van der Waals surface area contributed by atoms with Gasteiger partial charge in [0.25, 0.3) is 0 Å². The van der Waals surface area contributed by atoms with Crippen LogP contribution in [0, 0.1) is 0 Å². The van der Waals surface area contributed by atoms with Gasteiger partial charge in [-0.15, -0.1) is 0 Å². The van der Waals surface area contributed by atoms with Crippen LogP contribution >= 0.6 is 0 Å².